The molecule has 1 aromatic carbocycles. The quantitative estimate of drug-likeness (QED) is 0.551. The molecule has 0 saturated carbocycles. The Bertz CT molecular complexity index is 1040. The number of hydrogen-bond donors (Lipinski definition) is 2. The van der Waals surface area contributed by atoms with Crippen molar-refractivity contribution in [2.75, 3.05) is 5.32 Å². The number of imidazole rings is 1. The molecule has 1 amide bonds. The number of hydrogen-bond acceptors (Lipinski definition) is 4. The van der Waals surface area contributed by atoms with Gasteiger partial charge in [0.2, 0.25) is 5.91 Å². The number of H-pyrrole nitrogens is 1. The monoisotopic (exact) mass is 361 g/mol. The van der Waals surface area contributed by atoms with Gasteiger partial charge < -0.3 is 9.88 Å². The van der Waals surface area contributed by atoms with E-state index in [0.717, 1.165) is 17.1 Å². The number of rotatable bonds is 6. The Balaban J connectivity index is 1.40. The molecule has 4 rings (SSSR count). The molecule has 2 N–H and O–H groups in total. The van der Waals surface area contributed by atoms with Gasteiger partial charge in [-0.15, -0.1) is 0 Å². The van der Waals surface area contributed by atoms with Crippen molar-refractivity contribution in [2.24, 2.45) is 7.05 Å². The Hall–Kier alpha value is -3.68. The Morgan fingerprint density at radius 2 is 2.07 bits per heavy atom. The van der Waals surface area contributed by atoms with Gasteiger partial charge in [0, 0.05) is 31.2 Å². The summed E-state index contributed by atoms with van der Waals surface area (Å²) in [6.07, 6.45) is 5.50. The first-order valence-corrected chi connectivity index (χ1v) is 8.55. The van der Waals surface area contributed by atoms with E-state index in [-0.39, 0.29) is 12.3 Å². The average Bonchev–Trinajstić information content (AvgIpc) is 3.39. The number of aromatic nitrogens is 6. The molecule has 0 bridgehead atoms. The van der Waals surface area contributed by atoms with Crippen molar-refractivity contribution >= 4 is 11.7 Å². The number of benzene rings is 1. The predicted octanol–water partition coefficient (Wildman–Crippen LogP) is 2.24. The normalized spacial score (nSPS) is 10.9. The zero-order valence-electron chi connectivity index (χ0n) is 14.8. The predicted molar refractivity (Wildman–Crippen MR) is 101 cm³/mol. The van der Waals surface area contributed by atoms with Crippen molar-refractivity contribution in [3.05, 3.63) is 72.4 Å². The standard InChI is InChI=1S/C19H19N7O/c1-25-13-20-11-15(25)9-19(27)21-18-10-17(22-23-18)16-7-8-26(24-16)12-14-5-3-2-4-6-14/h2-8,10-11,13H,9,12H2,1H3,(H2,21,22,23,27). The Morgan fingerprint density at radius 3 is 2.85 bits per heavy atom. The number of carbonyl (C=O) groups excluding carboxylic acids is 1. The third kappa shape index (κ3) is 3.95. The lowest BCUT2D eigenvalue weighted by atomic mass is 10.2. The molecule has 27 heavy (non-hydrogen) atoms. The van der Waals surface area contributed by atoms with Crippen LogP contribution in [0.4, 0.5) is 5.82 Å². The number of anilines is 1. The molecule has 8 nitrogen and oxygen atoms in total. The van der Waals surface area contributed by atoms with E-state index in [1.165, 1.54) is 5.56 Å². The molecule has 3 heterocycles. The fraction of sp³-hybridized carbons (Fsp3) is 0.158. The van der Waals surface area contributed by atoms with Gasteiger partial charge in [-0.2, -0.15) is 10.2 Å². The Morgan fingerprint density at radius 1 is 1.22 bits per heavy atom. The highest BCUT2D eigenvalue weighted by Gasteiger charge is 2.11. The number of aromatic amines is 1. The third-order valence-electron chi connectivity index (χ3n) is 4.21. The van der Waals surface area contributed by atoms with E-state index in [4.69, 9.17) is 0 Å². The molecule has 0 aliphatic carbocycles. The Labute approximate surface area is 155 Å². The molecule has 0 fully saturated rings. The fourth-order valence-electron chi connectivity index (χ4n) is 2.79. The molecule has 0 saturated heterocycles. The second-order valence-electron chi connectivity index (χ2n) is 6.27. The highest BCUT2D eigenvalue weighted by atomic mass is 16.1. The second-order valence-corrected chi connectivity index (χ2v) is 6.27. The van der Waals surface area contributed by atoms with Gasteiger partial charge in [-0.3, -0.25) is 14.6 Å². The van der Waals surface area contributed by atoms with E-state index in [1.54, 1.807) is 18.6 Å². The van der Waals surface area contributed by atoms with Gasteiger partial charge in [-0.05, 0) is 11.6 Å². The van der Waals surface area contributed by atoms with Crippen LogP contribution < -0.4 is 5.32 Å². The van der Waals surface area contributed by atoms with E-state index in [1.807, 2.05) is 46.8 Å². The zero-order valence-corrected chi connectivity index (χ0v) is 14.8. The topological polar surface area (TPSA) is 93.4 Å². The first-order valence-electron chi connectivity index (χ1n) is 8.55. The summed E-state index contributed by atoms with van der Waals surface area (Å²) in [5, 5.41) is 14.4. The maximum Gasteiger partial charge on any atom is 0.231 e. The summed E-state index contributed by atoms with van der Waals surface area (Å²) >= 11 is 0. The highest BCUT2D eigenvalue weighted by molar-refractivity contribution is 5.91. The number of aryl methyl sites for hydroxylation is 1. The zero-order chi connectivity index (χ0) is 18.6. The minimum Gasteiger partial charge on any atom is -0.337 e. The molecular formula is C19H19N7O. The molecule has 0 spiro atoms. The lowest BCUT2D eigenvalue weighted by Crippen LogP contribution is -2.16. The lowest BCUT2D eigenvalue weighted by molar-refractivity contribution is -0.115. The highest BCUT2D eigenvalue weighted by Crippen LogP contribution is 2.18. The SMILES string of the molecule is Cn1cncc1CC(=O)Nc1cc(-c2ccn(Cc3ccccc3)n2)[nH]n1. The van der Waals surface area contributed by atoms with E-state index >= 15 is 0 Å². The van der Waals surface area contributed by atoms with Gasteiger partial charge in [0.25, 0.3) is 0 Å². The smallest absolute Gasteiger partial charge is 0.231 e. The minimum atomic E-state index is -0.147. The van der Waals surface area contributed by atoms with E-state index in [2.05, 4.69) is 37.7 Å². The number of nitrogens with one attached hydrogen (secondary N) is 2. The molecule has 0 aliphatic rings. The van der Waals surface area contributed by atoms with Crippen LogP contribution in [0, 0.1) is 0 Å². The molecule has 8 heteroatoms. The average molecular weight is 361 g/mol. The van der Waals surface area contributed by atoms with Crippen molar-refractivity contribution < 1.29 is 4.79 Å². The van der Waals surface area contributed by atoms with Crippen LogP contribution in [0.5, 0.6) is 0 Å². The summed E-state index contributed by atoms with van der Waals surface area (Å²) in [7, 11) is 1.86. The van der Waals surface area contributed by atoms with Crippen LogP contribution in [0.25, 0.3) is 11.4 Å². The van der Waals surface area contributed by atoms with Gasteiger partial charge in [0.05, 0.1) is 25.0 Å². The molecule has 136 valence electrons. The van der Waals surface area contributed by atoms with Crippen molar-refractivity contribution in [2.45, 2.75) is 13.0 Å². The largest absolute Gasteiger partial charge is 0.337 e. The van der Waals surface area contributed by atoms with Crippen LogP contribution in [0.15, 0.2) is 61.2 Å². The van der Waals surface area contributed by atoms with Crippen molar-refractivity contribution in [1.29, 1.82) is 0 Å². The summed E-state index contributed by atoms with van der Waals surface area (Å²) in [5.41, 5.74) is 3.53. The van der Waals surface area contributed by atoms with Gasteiger partial charge in [-0.1, -0.05) is 30.3 Å². The minimum absolute atomic E-state index is 0.147. The molecule has 0 unspecified atom stereocenters. The van der Waals surface area contributed by atoms with Crippen molar-refractivity contribution in [3.8, 4) is 11.4 Å². The van der Waals surface area contributed by atoms with Crippen LogP contribution in [-0.2, 0) is 24.8 Å². The molecule has 3 aromatic heterocycles. The van der Waals surface area contributed by atoms with Crippen LogP contribution in [0.1, 0.15) is 11.3 Å². The molecule has 0 radical (unpaired) electrons. The summed E-state index contributed by atoms with van der Waals surface area (Å²) in [6, 6.07) is 13.8. The van der Waals surface area contributed by atoms with E-state index in [9.17, 15) is 4.79 Å². The summed E-state index contributed by atoms with van der Waals surface area (Å²) in [4.78, 5) is 16.2. The maximum absolute atomic E-state index is 12.2. The summed E-state index contributed by atoms with van der Waals surface area (Å²) in [5.74, 6) is 0.320. The third-order valence-corrected chi connectivity index (χ3v) is 4.21. The summed E-state index contributed by atoms with van der Waals surface area (Å²) in [6.45, 7) is 0.698. The summed E-state index contributed by atoms with van der Waals surface area (Å²) < 4.78 is 3.68. The van der Waals surface area contributed by atoms with Crippen LogP contribution in [0.3, 0.4) is 0 Å². The van der Waals surface area contributed by atoms with E-state index < -0.39 is 0 Å². The molecule has 0 atom stereocenters. The van der Waals surface area contributed by atoms with Crippen LogP contribution >= 0.6 is 0 Å². The fourth-order valence-corrected chi connectivity index (χ4v) is 2.79. The van der Waals surface area contributed by atoms with Crippen molar-refractivity contribution in [1.82, 2.24) is 29.5 Å². The van der Waals surface area contributed by atoms with Crippen molar-refractivity contribution in [3.63, 3.8) is 0 Å². The van der Waals surface area contributed by atoms with Gasteiger partial charge in [-0.25, -0.2) is 4.98 Å². The first kappa shape index (κ1) is 16.8. The van der Waals surface area contributed by atoms with Crippen LogP contribution in [0.2, 0.25) is 0 Å². The van der Waals surface area contributed by atoms with Gasteiger partial charge in [0.1, 0.15) is 5.69 Å². The van der Waals surface area contributed by atoms with Gasteiger partial charge in [0.15, 0.2) is 5.82 Å². The second kappa shape index (κ2) is 7.28. The Kier molecular flexibility index (Phi) is 4.52. The van der Waals surface area contributed by atoms with Crippen LogP contribution in [-0.4, -0.2) is 35.4 Å². The number of amides is 1. The molecule has 4 aromatic rings. The number of nitrogens with zero attached hydrogens (tertiary/aromatic N) is 5. The van der Waals surface area contributed by atoms with Gasteiger partial charge >= 0.3 is 0 Å². The number of carbonyl (C=O) groups is 1. The lowest BCUT2D eigenvalue weighted by Gasteiger charge is -2.02. The van der Waals surface area contributed by atoms with E-state index in [0.29, 0.717) is 12.4 Å². The maximum atomic E-state index is 12.2. The first-order chi connectivity index (χ1) is 13.2. The molecule has 0 aliphatic heterocycles. The molecular weight excluding hydrogens is 342 g/mol.